The summed E-state index contributed by atoms with van der Waals surface area (Å²) in [5.74, 6) is -0.363. The van der Waals surface area contributed by atoms with Crippen LogP contribution in [0.5, 0.6) is 0 Å². The van der Waals surface area contributed by atoms with Gasteiger partial charge in [0, 0.05) is 13.2 Å². The van der Waals surface area contributed by atoms with Crippen molar-refractivity contribution in [2.24, 2.45) is 0 Å². The van der Waals surface area contributed by atoms with E-state index in [9.17, 15) is 9.59 Å². The highest BCUT2D eigenvalue weighted by Crippen LogP contribution is 2.22. The lowest BCUT2D eigenvalue weighted by atomic mass is 10.2. The molecule has 0 bridgehead atoms. The van der Waals surface area contributed by atoms with Crippen molar-refractivity contribution < 1.29 is 14.3 Å². The van der Waals surface area contributed by atoms with Crippen molar-refractivity contribution in [3.05, 3.63) is 30.3 Å². The molecule has 2 rings (SSSR count). The monoisotopic (exact) mass is 262 g/mol. The van der Waals surface area contributed by atoms with Crippen LogP contribution in [0.15, 0.2) is 30.3 Å². The van der Waals surface area contributed by atoms with E-state index >= 15 is 0 Å². The van der Waals surface area contributed by atoms with E-state index in [0.717, 1.165) is 0 Å². The lowest BCUT2D eigenvalue weighted by Gasteiger charge is -2.18. The highest BCUT2D eigenvalue weighted by Gasteiger charge is 2.39. The summed E-state index contributed by atoms with van der Waals surface area (Å²) in [7, 11) is 1.61. The van der Waals surface area contributed by atoms with E-state index in [0.29, 0.717) is 12.3 Å². The first kappa shape index (κ1) is 13.7. The van der Waals surface area contributed by atoms with Gasteiger partial charge < -0.3 is 10.1 Å². The Hall–Kier alpha value is -1.72. The second-order valence-corrected chi connectivity index (χ2v) is 4.68. The van der Waals surface area contributed by atoms with E-state index in [1.807, 2.05) is 25.1 Å². The molecule has 1 aliphatic heterocycles. The number of nitrogens with zero attached hydrogens (tertiary/aromatic N) is 1. The second-order valence-electron chi connectivity index (χ2n) is 4.68. The number of anilines is 1. The Morgan fingerprint density at radius 2 is 2.05 bits per heavy atom. The molecule has 102 valence electrons. The fourth-order valence-corrected chi connectivity index (χ4v) is 2.25. The fraction of sp³-hybridized carbons (Fsp3) is 0.429. The van der Waals surface area contributed by atoms with Crippen molar-refractivity contribution >= 4 is 17.5 Å². The molecule has 2 atom stereocenters. The molecule has 0 aliphatic carbocycles. The SMILES string of the molecule is COCC(C)NC1CC(=O)N(c2ccccc2)C1=O. The van der Waals surface area contributed by atoms with E-state index in [1.54, 1.807) is 19.2 Å². The topological polar surface area (TPSA) is 58.6 Å². The van der Waals surface area contributed by atoms with Crippen LogP contribution in [-0.4, -0.2) is 37.6 Å². The van der Waals surface area contributed by atoms with Gasteiger partial charge in [0.1, 0.15) is 0 Å². The quantitative estimate of drug-likeness (QED) is 0.802. The average Bonchev–Trinajstić information content (AvgIpc) is 2.66. The summed E-state index contributed by atoms with van der Waals surface area (Å²) in [5, 5.41) is 3.12. The highest BCUT2D eigenvalue weighted by molar-refractivity contribution is 6.22. The fourth-order valence-electron chi connectivity index (χ4n) is 2.25. The maximum Gasteiger partial charge on any atom is 0.251 e. The Morgan fingerprint density at radius 1 is 1.37 bits per heavy atom. The number of ether oxygens (including phenoxy) is 1. The Kier molecular flexibility index (Phi) is 4.29. The number of imide groups is 1. The molecular formula is C14H18N2O3. The first-order valence-corrected chi connectivity index (χ1v) is 6.30. The minimum Gasteiger partial charge on any atom is -0.383 e. The summed E-state index contributed by atoms with van der Waals surface area (Å²) >= 11 is 0. The molecule has 5 nitrogen and oxygen atoms in total. The molecule has 0 saturated carbocycles. The van der Waals surface area contributed by atoms with Gasteiger partial charge in [-0.1, -0.05) is 18.2 Å². The van der Waals surface area contributed by atoms with Crippen LogP contribution in [0.1, 0.15) is 13.3 Å². The molecule has 0 radical (unpaired) electrons. The summed E-state index contributed by atoms with van der Waals surface area (Å²) in [6.45, 7) is 2.43. The van der Waals surface area contributed by atoms with E-state index in [-0.39, 0.29) is 24.3 Å². The van der Waals surface area contributed by atoms with Gasteiger partial charge in [-0.15, -0.1) is 0 Å². The molecule has 1 N–H and O–H groups in total. The normalized spacial score (nSPS) is 20.9. The van der Waals surface area contributed by atoms with Crippen molar-refractivity contribution in [2.45, 2.75) is 25.4 Å². The number of carbonyl (C=O) groups excluding carboxylic acids is 2. The number of hydrogen-bond acceptors (Lipinski definition) is 4. The van der Waals surface area contributed by atoms with Gasteiger partial charge in [-0.3, -0.25) is 9.59 Å². The van der Waals surface area contributed by atoms with Crippen LogP contribution in [-0.2, 0) is 14.3 Å². The standard InChI is InChI=1S/C14H18N2O3/c1-10(9-19-2)15-12-8-13(17)16(14(12)18)11-6-4-3-5-7-11/h3-7,10,12,15H,8-9H2,1-2H3. The largest absolute Gasteiger partial charge is 0.383 e. The van der Waals surface area contributed by atoms with Crippen molar-refractivity contribution in [3.8, 4) is 0 Å². The summed E-state index contributed by atoms with van der Waals surface area (Å²) in [5.41, 5.74) is 0.626. The van der Waals surface area contributed by atoms with Crippen molar-refractivity contribution in [1.82, 2.24) is 5.32 Å². The molecule has 1 saturated heterocycles. The number of methoxy groups -OCH3 is 1. The lowest BCUT2D eigenvalue weighted by Crippen LogP contribution is -2.44. The predicted molar refractivity (Wildman–Crippen MR) is 71.8 cm³/mol. The van der Waals surface area contributed by atoms with Crippen LogP contribution in [0, 0.1) is 0 Å². The zero-order valence-corrected chi connectivity index (χ0v) is 11.1. The third-order valence-corrected chi connectivity index (χ3v) is 3.06. The van der Waals surface area contributed by atoms with Crippen LogP contribution in [0.4, 0.5) is 5.69 Å². The van der Waals surface area contributed by atoms with Gasteiger partial charge in [0.05, 0.1) is 24.8 Å². The Labute approximate surface area is 112 Å². The molecule has 1 aromatic rings. The number of carbonyl (C=O) groups is 2. The third-order valence-electron chi connectivity index (χ3n) is 3.06. The Bertz CT molecular complexity index is 461. The van der Waals surface area contributed by atoms with Gasteiger partial charge in [-0.25, -0.2) is 4.90 Å². The third kappa shape index (κ3) is 3.00. The zero-order chi connectivity index (χ0) is 13.8. The maximum atomic E-state index is 12.3. The van der Waals surface area contributed by atoms with Gasteiger partial charge in [0.25, 0.3) is 5.91 Å². The molecule has 1 fully saturated rings. The van der Waals surface area contributed by atoms with E-state index in [4.69, 9.17) is 4.74 Å². The number of rotatable bonds is 5. The summed E-state index contributed by atoms with van der Waals surface area (Å²) < 4.78 is 5.02. The highest BCUT2D eigenvalue weighted by atomic mass is 16.5. The minimum absolute atomic E-state index is 0.0301. The molecule has 1 aromatic carbocycles. The average molecular weight is 262 g/mol. The summed E-state index contributed by atoms with van der Waals surface area (Å²) in [4.78, 5) is 25.5. The summed E-state index contributed by atoms with van der Waals surface area (Å²) in [6.07, 6.45) is 0.196. The van der Waals surface area contributed by atoms with Gasteiger partial charge in [0.2, 0.25) is 5.91 Å². The number of para-hydroxylation sites is 1. The number of amides is 2. The van der Waals surface area contributed by atoms with Gasteiger partial charge in [-0.05, 0) is 19.1 Å². The van der Waals surface area contributed by atoms with Crippen LogP contribution in [0.3, 0.4) is 0 Å². The van der Waals surface area contributed by atoms with E-state index in [2.05, 4.69) is 5.32 Å². The molecule has 0 spiro atoms. The van der Waals surface area contributed by atoms with Crippen LogP contribution < -0.4 is 10.2 Å². The van der Waals surface area contributed by atoms with Gasteiger partial charge in [-0.2, -0.15) is 0 Å². The minimum atomic E-state index is -0.460. The second kappa shape index (κ2) is 5.95. The Morgan fingerprint density at radius 3 is 2.68 bits per heavy atom. The number of benzene rings is 1. The van der Waals surface area contributed by atoms with E-state index < -0.39 is 6.04 Å². The molecule has 2 amide bonds. The van der Waals surface area contributed by atoms with Crippen molar-refractivity contribution in [2.75, 3.05) is 18.6 Å². The molecule has 5 heteroatoms. The molecule has 1 heterocycles. The molecule has 2 unspecified atom stereocenters. The predicted octanol–water partition coefficient (Wildman–Crippen LogP) is 0.943. The molecule has 0 aromatic heterocycles. The molecular weight excluding hydrogens is 244 g/mol. The number of nitrogens with one attached hydrogen (secondary N) is 1. The zero-order valence-electron chi connectivity index (χ0n) is 11.1. The lowest BCUT2D eigenvalue weighted by molar-refractivity contribution is -0.121. The summed E-state index contributed by atoms with van der Waals surface area (Å²) in [6, 6.07) is 8.56. The number of hydrogen-bond donors (Lipinski definition) is 1. The first-order chi connectivity index (χ1) is 9.13. The van der Waals surface area contributed by atoms with Crippen LogP contribution in [0.2, 0.25) is 0 Å². The van der Waals surface area contributed by atoms with Gasteiger partial charge >= 0.3 is 0 Å². The first-order valence-electron chi connectivity index (χ1n) is 6.30. The van der Waals surface area contributed by atoms with E-state index in [1.165, 1.54) is 4.90 Å². The van der Waals surface area contributed by atoms with Crippen molar-refractivity contribution in [1.29, 1.82) is 0 Å². The Balaban J connectivity index is 2.09. The maximum absolute atomic E-state index is 12.3. The van der Waals surface area contributed by atoms with Crippen LogP contribution in [0.25, 0.3) is 0 Å². The smallest absolute Gasteiger partial charge is 0.251 e. The molecule has 1 aliphatic rings. The van der Waals surface area contributed by atoms with Crippen LogP contribution >= 0.6 is 0 Å². The van der Waals surface area contributed by atoms with Gasteiger partial charge in [0.15, 0.2) is 0 Å². The van der Waals surface area contributed by atoms with Crippen molar-refractivity contribution in [3.63, 3.8) is 0 Å². The molecule has 19 heavy (non-hydrogen) atoms.